The molecule has 0 bridgehead atoms. The summed E-state index contributed by atoms with van der Waals surface area (Å²) in [4.78, 5) is 79.2. The third-order valence-corrected chi connectivity index (χ3v) is 22.3. The van der Waals surface area contributed by atoms with Crippen molar-refractivity contribution in [3.63, 3.8) is 0 Å². The minimum atomic E-state index is -0.801. The highest BCUT2D eigenvalue weighted by molar-refractivity contribution is 7.99. The van der Waals surface area contributed by atoms with Crippen LogP contribution < -0.4 is 14.2 Å². The van der Waals surface area contributed by atoms with Crippen molar-refractivity contribution < 1.29 is 91.2 Å². The number of carboxylic acid groups (broad SMARTS) is 1. The fourth-order valence-electron chi connectivity index (χ4n) is 13.7. The maximum atomic E-state index is 12.5. The zero-order valence-electron chi connectivity index (χ0n) is 68.6. The third-order valence-electron chi connectivity index (χ3n) is 20.4. The Bertz CT molecular complexity index is 4870. The van der Waals surface area contributed by atoms with E-state index < -0.39 is 25.2 Å². The zero-order valence-corrected chi connectivity index (χ0v) is 70.3. The second-order valence-electron chi connectivity index (χ2n) is 29.7. The average Bonchev–Trinajstić information content (AvgIpc) is 1.68. The largest absolute Gasteiger partial charge is 0.481 e. The normalized spacial score (nSPS) is 16.1. The van der Waals surface area contributed by atoms with Crippen LogP contribution in [0.25, 0.3) is 45.2 Å². The fraction of sp³-hybridized carbons (Fsp3) is 0.333. The van der Waals surface area contributed by atoms with Crippen molar-refractivity contribution in [1.29, 1.82) is 0 Å². The van der Waals surface area contributed by atoms with Gasteiger partial charge in [-0.15, -0.1) is 0 Å². The molecule has 23 heteroatoms. The van der Waals surface area contributed by atoms with Crippen LogP contribution in [0.5, 0.6) is 17.2 Å². The Morgan fingerprint density at radius 2 is 0.680 bits per heavy atom. The first kappa shape index (κ1) is 91.8. The fourth-order valence-corrected chi connectivity index (χ4v) is 15.4. The summed E-state index contributed by atoms with van der Waals surface area (Å²) in [5.41, 5.74) is 10.6. The summed E-state index contributed by atoms with van der Waals surface area (Å²) in [5, 5.41) is 37.8. The van der Waals surface area contributed by atoms with Crippen LogP contribution in [0.3, 0.4) is 0 Å². The van der Waals surface area contributed by atoms with E-state index in [0.29, 0.717) is 115 Å². The number of carboxylic acids is 1. The molecule has 9 aromatic carbocycles. The van der Waals surface area contributed by atoms with Gasteiger partial charge in [0.05, 0.1) is 37.6 Å². The lowest BCUT2D eigenvalue weighted by Crippen LogP contribution is -2.31. The Labute approximate surface area is 720 Å². The number of para-hydroxylation sites is 1. The number of carbonyl (C=O) groups excluding carboxylic acids is 5. The van der Waals surface area contributed by atoms with Crippen molar-refractivity contribution >= 4 is 59.0 Å². The molecule has 0 spiro atoms. The zero-order chi connectivity index (χ0) is 85.5. The number of benzene rings is 9. The molecule has 4 N–H and O–H groups in total. The van der Waals surface area contributed by atoms with Gasteiger partial charge in [-0.05, 0) is 97.2 Å². The van der Waals surface area contributed by atoms with Gasteiger partial charge in [0.1, 0.15) is 41.0 Å². The van der Waals surface area contributed by atoms with E-state index >= 15 is 0 Å². The van der Waals surface area contributed by atoms with Gasteiger partial charge in [-0.3, -0.25) is 28.8 Å². The lowest BCUT2D eigenvalue weighted by atomic mass is 10.0. The lowest BCUT2D eigenvalue weighted by Gasteiger charge is -2.36. The van der Waals surface area contributed by atoms with Gasteiger partial charge in [0.2, 0.25) is 0 Å². The summed E-state index contributed by atoms with van der Waals surface area (Å²) >= 11 is 3.00. The Morgan fingerprint density at radius 1 is 0.361 bits per heavy atom. The van der Waals surface area contributed by atoms with Gasteiger partial charge >= 0.3 is 23.9 Å². The third kappa shape index (κ3) is 30.0. The quantitative estimate of drug-likeness (QED) is 0.0120. The number of aromatic nitrogens is 2. The van der Waals surface area contributed by atoms with Crippen LogP contribution >= 0.6 is 23.5 Å². The number of hydrogen-bond acceptors (Lipinski definition) is 22. The van der Waals surface area contributed by atoms with E-state index in [9.17, 15) is 39.0 Å². The molecular weight excluding hydrogens is 1590 g/mol. The number of Topliss-reactive ketones (excluding diaryl/α,β-unsaturated/α-hetero) is 2. The van der Waals surface area contributed by atoms with E-state index in [1.807, 2.05) is 219 Å². The minimum absolute atomic E-state index is 0.0343. The number of aliphatic carboxylic acids is 1. The van der Waals surface area contributed by atoms with Gasteiger partial charge in [-0.2, -0.15) is 0 Å². The first-order valence-corrected chi connectivity index (χ1v) is 43.9. The number of rotatable bonds is 42. The molecule has 0 aliphatic carbocycles. The van der Waals surface area contributed by atoms with Crippen LogP contribution in [-0.2, 0) is 60.9 Å². The first-order chi connectivity index (χ1) is 59.6. The van der Waals surface area contributed by atoms with Gasteiger partial charge in [0.25, 0.3) is 10.4 Å². The molecule has 13 rings (SSSR count). The second kappa shape index (κ2) is 49.8. The van der Waals surface area contributed by atoms with Crippen molar-refractivity contribution in [2.24, 2.45) is 0 Å². The molecule has 11 aromatic rings. The number of carbonyl (C=O) groups is 6. The number of aliphatic hydroxyl groups excluding tert-OH is 3. The summed E-state index contributed by atoms with van der Waals surface area (Å²) in [6, 6.07) is 78.9. The maximum absolute atomic E-state index is 12.5. The number of nitrogens with zero attached hydrogens (tertiary/aromatic N) is 2. The predicted octanol–water partition coefficient (Wildman–Crippen LogP) is 21.7. The van der Waals surface area contributed by atoms with Gasteiger partial charge in [0.15, 0.2) is 29.9 Å². The summed E-state index contributed by atoms with van der Waals surface area (Å²) in [7, 11) is 0. The monoisotopic (exact) mass is 1690 g/mol. The standard InChI is InChI=1S/C42H43NO8S.C41H41NO8S.C16H22O3/c44-26-29-17-19-30(20-18-29)37-25-36(28-52-42-43-39(31-11-5-3-6-12-31)40(51-42)32-13-7-4-8-14-32)49-41(50-37)33-21-23-35(24-22-33)48-38(47)16-10-2-1-9-15-34(46)27-45;43-26-28-17-19-29(20-18-28)35-25-34(27-51-41-42-38(30-11-5-3-6-12-30)39(50-41)31-13-7-4-8-14-31)48-40(49-35)32-21-23-33(24-22-32)47-37(46)16-10-2-1-9-15-36(44)45;1-2-14(17)10-6-3-4-9-13-16(18)19-15-11-7-5-8-12-15/h3-8,11-14,17-24,36-37,41,44-45H,1-2,9-10,15-16,25-28H2;3-8,11-14,17-24,34-35,40,43H,1-2,9-10,15-16,25-27H2,(H,44,45);5,7-8,11-12H,2-4,6,9-10,13H2,1H3/t36-,37+,41+;34-,35+,40+;/m11./s1. The van der Waals surface area contributed by atoms with E-state index in [1.165, 1.54) is 23.5 Å². The van der Waals surface area contributed by atoms with Crippen molar-refractivity contribution in [1.82, 2.24) is 9.97 Å². The van der Waals surface area contributed by atoms with E-state index in [0.717, 1.165) is 124 Å². The number of oxazole rings is 2. The molecule has 4 heterocycles. The summed E-state index contributed by atoms with van der Waals surface area (Å²) in [5.74, 6) is 2.58. The van der Waals surface area contributed by atoms with Crippen LogP contribution in [0, 0.1) is 0 Å². The highest BCUT2D eigenvalue weighted by Gasteiger charge is 2.35. The molecule has 2 saturated heterocycles. The molecule has 0 radical (unpaired) electrons. The van der Waals surface area contributed by atoms with Crippen LogP contribution in [-0.4, -0.2) is 96.2 Å². The van der Waals surface area contributed by atoms with Crippen LogP contribution in [0.15, 0.2) is 268 Å². The molecular formula is C99H106N2O19S2. The van der Waals surface area contributed by atoms with Crippen molar-refractivity contribution in [2.45, 2.75) is 202 Å². The number of thioether (sulfide) groups is 2. The molecule has 2 fully saturated rings. The molecule has 21 nitrogen and oxygen atoms in total. The first-order valence-electron chi connectivity index (χ1n) is 41.9. The Balaban J connectivity index is 0.000000197. The molecule has 6 atom stereocenters. The van der Waals surface area contributed by atoms with Crippen molar-refractivity contribution in [3.8, 4) is 62.4 Å². The van der Waals surface area contributed by atoms with E-state index in [-0.39, 0.29) is 80.6 Å². The number of ketones is 2. The lowest BCUT2D eigenvalue weighted by molar-refractivity contribution is -0.245. The maximum Gasteiger partial charge on any atom is 0.311 e. The van der Waals surface area contributed by atoms with Gasteiger partial charge in [0, 0.05) is 103 Å². The summed E-state index contributed by atoms with van der Waals surface area (Å²) in [6.45, 7) is 1.40. The molecule has 0 saturated carbocycles. The Kier molecular flexibility index (Phi) is 37.5. The van der Waals surface area contributed by atoms with Crippen molar-refractivity contribution in [3.05, 3.63) is 282 Å². The van der Waals surface area contributed by atoms with Crippen LogP contribution in [0.4, 0.5) is 0 Å². The van der Waals surface area contributed by atoms with Gasteiger partial charge < -0.3 is 62.4 Å². The molecule has 2 aliphatic heterocycles. The highest BCUT2D eigenvalue weighted by atomic mass is 32.2. The topological polar surface area (TPSA) is 300 Å². The van der Waals surface area contributed by atoms with Gasteiger partial charge in [-0.1, -0.05) is 281 Å². The Hall–Kier alpha value is -11.0. The summed E-state index contributed by atoms with van der Waals surface area (Å²) in [6.07, 6.45) is 11.3. The SMILES string of the molecule is CCC(=O)CCCCCCC(=O)Oc1ccccc1.O=C(CO)CCCCCCC(=O)Oc1ccc([C@H]2O[C@@H](CSc3nc(-c4ccccc4)c(-c4ccccc4)o3)C[C@@H](c3ccc(CO)cc3)O2)cc1.O=C(O)CCCCCCC(=O)Oc1ccc([C@H]2O[C@@H](CSc3nc(-c4ccccc4)c(-c4ccccc4)o3)C[C@@H](c3ccc(CO)cc3)O2)cc1. The van der Waals surface area contributed by atoms with Crippen LogP contribution in [0.1, 0.15) is 200 Å². The number of esters is 3. The van der Waals surface area contributed by atoms with Gasteiger partial charge in [-0.25, -0.2) is 9.97 Å². The van der Waals surface area contributed by atoms with E-state index in [1.54, 1.807) is 36.4 Å². The Morgan fingerprint density at radius 3 is 1.02 bits per heavy atom. The number of unbranched alkanes of at least 4 members (excludes halogenated alkanes) is 9. The second-order valence-corrected chi connectivity index (χ2v) is 31.6. The number of ether oxygens (including phenoxy) is 7. The number of hydrogen-bond donors (Lipinski definition) is 4. The molecule has 638 valence electrons. The smallest absolute Gasteiger partial charge is 0.311 e. The van der Waals surface area contributed by atoms with E-state index in [2.05, 4.69) is 0 Å². The highest BCUT2D eigenvalue weighted by Crippen LogP contribution is 2.44. The molecule has 2 aromatic heterocycles. The summed E-state index contributed by atoms with van der Waals surface area (Å²) < 4.78 is 55.1. The van der Waals surface area contributed by atoms with E-state index in [4.69, 9.17) is 62.2 Å². The van der Waals surface area contributed by atoms with Crippen molar-refractivity contribution in [2.75, 3.05) is 18.1 Å². The predicted molar refractivity (Wildman–Crippen MR) is 467 cm³/mol. The number of aliphatic hydroxyl groups is 3. The molecule has 0 unspecified atom stereocenters. The van der Waals surface area contributed by atoms with Crippen LogP contribution in [0.2, 0.25) is 0 Å². The minimum Gasteiger partial charge on any atom is -0.481 e. The average molecular weight is 1690 g/mol. The molecule has 122 heavy (non-hydrogen) atoms. The molecule has 0 amide bonds. The molecule has 2 aliphatic rings.